The van der Waals surface area contributed by atoms with Crippen LogP contribution in [0, 0.1) is 0 Å². The van der Waals surface area contributed by atoms with E-state index in [1.807, 2.05) is 36.6 Å². The maximum Gasteiger partial charge on any atom is 0.199 e. The number of rotatable bonds is 3. The maximum atomic E-state index is 10.0. The van der Waals surface area contributed by atoms with Crippen molar-refractivity contribution in [2.45, 2.75) is 11.7 Å². The van der Waals surface area contributed by atoms with Crippen LogP contribution in [0.1, 0.15) is 17.2 Å². The predicted molar refractivity (Wildman–Crippen MR) is 48.5 cm³/mol. The Morgan fingerprint density at radius 2 is 2.00 bits per heavy atom. The van der Waals surface area contributed by atoms with Crippen molar-refractivity contribution in [1.82, 2.24) is 0 Å². The van der Waals surface area contributed by atoms with Gasteiger partial charge in [-0.2, -0.15) is 12.6 Å². The minimum absolute atomic E-state index is 0.00583. The number of thiol groups is 1. The Morgan fingerprint density at radius 1 is 1.36 bits per heavy atom. The molecule has 0 heterocycles. The Balaban J connectivity index is 2.68. The van der Waals surface area contributed by atoms with E-state index in [1.54, 1.807) is 0 Å². The second-order valence-corrected chi connectivity index (χ2v) is 2.90. The molecule has 1 unspecified atom stereocenters. The molecule has 0 fully saturated rings. The average Bonchev–Trinajstić information content (AvgIpc) is 2.07. The fourth-order valence-electron chi connectivity index (χ4n) is 0.872. The Labute approximate surface area is 71.8 Å². The molecule has 0 aliphatic rings. The number of carbonyl (C=O) groups excluding carboxylic acids is 1. The zero-order valence-electron chi connectivity index (χ0n) is 6.03. The number of hydrogen-bond donors (Lipinski definition) is 1. The Morgan fingerprint density at radius 3 is 2.55 bits per heavy atom. The van der Waals surface area contributed by atoms with Crippen molar-refractivity contribution < 1.29 is 4.79 Å². The van der Waals surface area contributed by atoms with Gasteiger partial charge in [0.15, 0.2) is 6.29 Å². The van der Waals surface area contributed by atoms with E-state index in [4.69, 9.17) is 0 Å². The second-order valence-electron chi connectivity index (χ2n) is 2.27. The van der Waals surface area contributed by atoms with E-state index in [9.17, 15) is 4.79 Å². The third-order valence-corrected chi connectivity index (χ3v) is 1.94. The van der Waals surface area contributed by atoms with Gasteiger partial charge in [0, 0.05) is 11.7 Å². The van der Waals surface area contributed by atoms with Crippen molar-refractivity contribution in [1.29, 1.82) is 0 Å². The summed E-state index contributed by atoms with van der Waals surface area (Å²) < 4.78 is 0. The van der Waals surface area contributed by atoms with E-state index in [-0.39, 0.29) is 5.25 Å². The third kappa shape index (κ3) is 2.39. The van der Waals surface area contributed by atoms with Gasteiger partial charge in [0.05, 0.1) is 0 Å². The lowest BCUT2D eigenvalue weighted by atomic mass is 10.1. The molecule has 1 radical (unpaired) electrons. The lowest BCUT2D eigenvalue weighted by Gasteiger charge is -2.04. The van der Waals surface area contributed by atoms with Crippen LogP contribution < -0.4 is 0 Å². The van der Waals surface area contributed by atoms with Crippen molar-refractivity contribution in [3.05, 3.63) is 35.9 Å². The fraction of sp³-hybridized carbons (Fsp3) is 0.222. The highest BCUT2D eigenvalue weighted by atomic mass is 32.1. The van der Waals surface area contributed by atoms with Gasteiger partial charge in [-0.3, -0.25) is 4.79 Å². The highest BCUT2D eigenvalue weighted by Gasteiger charge is 2.03. The van der Waals surface area contributed by atoms with Crippen molar-refractivity contribution in [2.24, 2.45) is 0 Å². The van der Waals surface area contributed by atoms with Crippen molar-refractivity contribution in [3.8, 4) is 0 Å². The first-order valence-electron chi connectivity index (χ1n) is 3.42. The third-order valence-electron chi connectivity index (χ3n) is 1.46. The smallest absolute Gasteiger partial charge is 0.199 e. The van der Waals surface area contributed by atoms with E-state index < -0.39 is 0 Å². The second kappa shape index (κ2) is 4.19. The largest absolute Gasteiger partial charge is 0.291 e. The van der Waals surface area contributed by atoms with Crippen LogP contribution in [0.5, 0.6) is 0 Å². The van der Waals surface area contributed by atoms with Gasteiger partial charge in [0.25, 0.3) is 0 Å². The summed E-state index contributed by atoms with van der Waals surface area (Å²) in [6, 6.07) is 9.71. The first-order chi connectivity index (χ1) is 5.34. The molecule has 0 N–H and O–H groups in total. The van der Waals surface area contributed by atoms with E-state index in [1.165, 1.54) is 0 Å². The maximum absolute atomic E-state index is 10.0. The summed E-state index contributed by atoms with van der Waals surface area (Å²) in [6.07, 6.45) is 2.19. The van der Waals surface area contributed by atoms with Crippen LogP contribution in [0.15, 0.2) is 30.3 Å². The minimum Gasteiger partial charge on any atom is -0.291 e. The molecule has 1 aromatic rings. The first kappa shape index (κ1) is 8.34. The van der Waals surface area contributed by atoms with Crippen LogP contribution in [0.25, 0.3) is 0 Å². The Bertz CT molecular complexity index is 220. The van der Waals surface area contributed by atoms with Gasteiger partial charge in [-0.05, 0) is 5.56 Å². The molecule has 57 valence electrons. The standard InChI is InChI=1S/C9H9OS/c10-7-6-9(11)8-4-2-1-3-5-8/h1-5,9,11H,6H2. The molecule has 0 aliphatic carbocycles. The number of hydrogen-bond acceptors (Lipinski definition) is 2. The molecular formula is C9H9OS. The summed E-state index contributed by atoms with van der Waals surface area (Å²) in [5.41, 5.74) is 1.07. The average molecular weight is 165 g/mol. The van der Waals surface area contributed by atoms with Gasteiger partial charge in [-0.15, -0.1) is 0 Å². The van der Waals surface area contributed by atoms with Gasteiger partial charge in [0.2, 0.25) is 0 Å². The molecule has 11 heavy (non-hydrogen) atoms. The monoisotopic (exact) mass is 165 g/mol. The predicted octanol–water partition coefficient (Wildman–Crippen LogP) is 2.16. The molecule has 1 nitrogen and oxygen atoms in total. The summed E-state index contributed by atoms with van der Waals surface area (Å²) in [4.78, 5) is 10.0. The van der Waals surface area contributed by atoms with E-state index in [2.05, 4.69) is 12.6 Å². The van der Waals surface area contributed by atoms with Crippen LogP contribution in [0.2, 0.25) is 0 Å². The van der Waals surface area contributed by atoms with E-state index in [0.29, 0.717) is 6.42 Å². The van der Waals surface area contributed by atoms with Crippen LogP contribution in [-0.2, 0) is 4.79 Å². The zero-order valence-corrected chi connectivity index (χ0v) is 6.92. The Hall–Kier alpha value is -0.760. The molecule has 0 aliphatic heterocycles. The quantitative estimate of drug-likeness (QED) is 0.679. The zero-order chi connectivity index (χ0) is 8.10. The molecule has 1 rings (SSSR count). The summed E-state index contributed by atoms with van der Waals surface area (Å²) in [7, 11) is 0. The van der Waals surface area contributed by atoms with Gasteiger partial charge in [0.1, 0.15) is 0 Å². The van der Waals surface area contributed by atoms with E-state index in [0.717, 1.165) is 5.56 Å². The normalized spacial score (nSPS) is 12.5. The number of benzene rings is 1. The van der Waals surface area contributed by atoms with Gasteiger partial charge >= 0.3 is 0 Å². The lowest BCUT2D eigenvalue weighted by Crippen LogP contribution is -1.89. The summed E-state index contributed by atoms with van der Waals surface area (Å²) in [5, 5.41) is -0.00583. The molecule has 0 amide bonds. The molecular weight excluding hydrogens is 156 g/mol. The SMILES string of the molecule is O=[C]CC(S)c1ccccc1. The lowest BCUT2D eigenvalue weighted by molar-refractivity contribution is 0.551. The first-order valence-corrected chi connectivity index (χ1v) is 3.94. The van der Waals surface area contributed by atoms with Crippen LogP contribution in [-0.4, -0.2) is 6.29 Å². The van der Waals surface area contributed by atoms with Crippen LogP contribution in [0.4, 0.5) is 0 Å². The molecule has 0 spiro atoms. The molecule has 2 heteroatoms. The minimum atomic E-state index is -0.00583. The Kier molecular flexibility index (Phi) is 3.17. The molecule has 0 bridgehead atoms. The van der Waals surface area contributed by atoms with E-state index >= 15 is 0 Å². The topological polar surface area (TPSA) is 17.1 Å². The summed E-state index contributed by atoms with van der Waals surface area (Å²) >= 11 is 4.24. The van der Waals surface area contributed by atoms with Gasteiger partial charge in [-0.1, -0.05) is 30.3 Å². The summed E-state index contributed by atoms with van der Waals surface area (Å²) in [6.45, 7) is 0. The van der Waals surface area contributed by atoms with Crippen LogP contribution >= 0.6 is 12.6 Å². The highest BCUT2D eigenvalue weighted by Crippen LogP contribution is 2.21. The fourth-order valence-corrected chi connectivity index (χ4v) is 1.12. The van der Waals surface area contributed by atoms with Crippen molar-refractivity contribution in [3.63, 3.8) is 0 Å². The summed E-state index contributed by atoms with van der Waals surface area (Å²) in [5.74, 6) is 0. The molecule has 1 aromatic carbocycles. The molecule has 1 atom stereocenters. The molecule has 0 saturated carbocycles. The molecule has 0 saturated heterocycles. The van der Waals surface area contributed by atoms with Crippen molar-refractivity contribution in [2.75, 3.05) is 0 Å². The molecule has 0 aromatic heterocycles. The van der Waals surface area contributed by atoms with Crippen LogP contribution in [0.3, 0.4) is 0 Å². The van der Waals surface area contributed by atoms with Gasteiger partial charge < -0.3 is 0 Å². The highest BCUT2D eigenvalue weighted by molar-refractivity contribution is 7.80. The van der Waals surface area contributed by atoms with Crippen molar-refractivity contribution >= 4 is 18.9 Å². The van der Waals surface area contributed by atoms with Gasteiger partial charge in [-0.25, -0.2) is 0 Å².